The predicted octanol–water partition coefficient (Wildman–Crippen LogP) is 3.70. The molecule has 0 unspecified atom stereocenters. The third-order valence-corrected chi connectivity index (χ3v) is 2.01. The van der Waals surface area contributed by atoms with Gasteiger partial charge in [0, 0.05) is 31.0 Å². The molecule has 0 amide bonds. The highest BCUT2D eigenvalue weighted by Gasteiger charge is 2.22. The third kappa shape index (κ3) is 9.15. The van der Waals surface area contributed by atoms with Gasteiger partial charge in [-0.2, -0.15) is 0 Å². The van der Waals surface area contributed by atoms with Gasteiger partial charge in [-0.15, -0.1) is 0 Å². The molecule has 2 nitrogen and oxygen atoms in total. The smallest absolute Gasteiger partial charge is 0.307 e. The van der Waals surface area contributed by atoms with E-state index in [-0.39, 0.29) is 5.60 Å². The average molecular weight is 280 g/mol. The largest absolute Gasteiger partial charge is 0.328 e. The van der Waals surface area contributed by atoms with Gasteiger partial charge >= 0.3 is 4.77 Å². The molecule has 0 saturated carbocycles. The molecule has 5 heteroatoms. The van der Waals surface area contributed by atoms with E-state index in [1.807, 2.05) is 20.8 Å². The molecule has 0 aromatic rings. The number of halogens is 2. The van der Waals surface area contributed by atoms with Gasteiger partial charge in [0.2, 0.25) is 0 Å². The van der Waals surface area contributed by atoms with Gasteiger partial charge in [-0.3, -0.25) is 4.57 Å². The van der Waals surface area contributed by atoms with Gasteiger partial charge in [0.15, 0.2) is 0 Å². The van der Waals surface area contributed by atoms with Gasteiger partial charge in [-0.1, -0.05) is 0 Å². The lowest BCUT2D eigenvalue weighted by molar-refractivity contribution is 0.147. The number of hydrogen-bond donors (Lipinski definition) is 0. The predicted molar refractivity (Wildman–Crippen MR) is 46.3 cm³/mol. The first-order chi connectivity index (χ1) is 3.71. The first kappa shape index (κ1) is 10.2. The first-order valence-corrected chi connectivity index (χ1v) is 8.07. The second-order valence-electron chi connectivity index (χ2n) is 2.62. The maximum absolute atomic E-state index is 10.8. The molecule has 0 aliphatic rings. The van der Waals surface area contributed by atoms with Crippen molar-refractivity contribution in [3.63, 3.8) is 0 Å². The Hall–Kier alpha value is 1.15. The molecule has 0 spiro atoms. The summed E-state index contributed by atoms with van der Waals surface area (Å²) in [6, 6.07) is 0. The summed E-state index contributed by atoms with van der Waals surface area (Å²) in [5.41, 5.74) is -0.372. The molecule has 0 aliphatic carbocycles. The van der Waals surface area contributed by atoms with E-state index in [0.29, 0.717) is 0 Å². The van der Waals surface area contributed by atoms with Crippen molar-refractivity contribution in [3.8, 4) is 0 Å². The number of hydrogen-bond acceptors (Lipinski definition) is 2. The van der Waals surface area contributed by atoms with Crippen molar-refractivity contribution in [3.05, 3.63) is 0 Å². The van der Waals surface area contributed by atoms with Crippen molar-refractivity contribution in [1.82, 2.24) is 0 Å². The highest BCUT2D eigenvalue weighted by molar-refractivity contribution is 9.70. The normalized spacial score (nSPS) is 13.9. The van der Waals surface area contributed by atoms with Gasteiger partial charge in [-0.25, -0.2) is 0 Å². The van der Waals surface area contributed by atoms with Crippen LogP contribution in [-0.4, -0.2) is 5.60 Å². The molecule has 0 aliphatic heterocycles. The molecule has 0 saturated heterocycles. The lowest BCUT2D eigenvalue weighted by Gasteiger charge is -2.19. The molecular weight excluding hydrogens is 271 g/mol. The quantitative estimate of drug-likeness (QED) is 0.684. The Morgan fingerprint density at radius 3 is 1.67 bits per heavy atom. The molecule has 0 aromatic carbocycles. The topological polar surface area (TPSA) is 26.3 Å². The van der Waals surface area contributed by atoms with E-state index in [9.17, 15) is 4.57 Å². The Kier molecular flexibility index (Phi) is 3.42. The summed E-state index contributed by atoms with van der Waals surface area (Å²) in [5.74, 6) is 0. The van der Waals surface area contributed by atoms with Crippen LogP contribution in [0.1, 0.15) is 20.8 Å². The third-order valence-electron chi connectivity index (χ3n) is 0.380. The summed E-state index contributed by atoms with van der Waals surface area (Å²) < 4.78 is 13.2. The first-order valence-electron chi connectivity index (χ1n) is 2.41. The maximum atomic E-state index is 10.8. The van der Waals surface area contributed by atoms with Gasteiger partial charge in [0.05, 0.1) is 5.60 Å². The number of rotatable bonds is 1. The van der Waals surface area contributed by atoms with E-state index in [1.54, 1.807) is 0 Å². The van der Waals surface area contributed by atoms with Crippen LogP contribution in [0, 0.1) is 0 Å². The molecule has 0 fully saturated rings. The Morgan fingerprint density at radius 1 is 1.33 bits per heavy atom. The molecular formula is C4H9Br2O2P. The van der Waals surface area contributed by atoms with Crippen LogP contribution < -0.4 is 0 Å². The van der Waals surface area contributed by atoms with Gasteiger partial charge < -0.3 is 4.52 Å². The van der Waals surface area contributed by atoms with Crippen LogP contribution in [0.3, 0.4) is 0 Å². The van der Waals surface area contributed by atoms with Crippen molar-refractivity contribution < 1.29 is 9.09 Å². The van der Waals surface area contributed by atoms with Gasteiger partial charge in [0.1, 0.15) is 0 Å². The molecule has 0 aromatic heterocycles. The van der Waals surface area contributed by atoms with E-state index in [0.717, 1.165) is 0 Å². The lowest BCUT2D eigenvalue weighted by Crippen LogP contribution is -2.14. The Bertz CT molecular complexity index is 134. The second kappa shape index (κ2) is 3.04. The summed E-state index contributed by atoms with van der Waals surface area (Å²) in [5, 5.41) is 0. The molecule has 0 bridgehead atoms. The molecule has 0 N–H and O–H groups in total. The van der Waals surface area contributed by atoms with Crippen LogP contribution in [-0.2, 0) is 9.09 Å². The molecule has 0 atom stereocenters. The van der Waals surface area contributed by atoms with Crippen molar-refractivity contribution in [2.75, 3.05) is 0 Å². The lowest BCUT2D eigenvalue weighted by atomic mass is 10.2. The fraction of sp³-hybridized carbons (Fsp3) is 1.00. The summed E-state index contributed by atoms with van der Waals surface area (Å²) in [6.07, 6.45) is 0. The van der Waals surface area contributed by atoms with Crippen LogP contribution in [0.4, 0.5) is 0 Å². The fourth-order valence-electron chi connectivity index (χ4n) is 0.319. The zero-order chi connectivity index (χ0) is 7.71. The van der Waals surface area contributed by atoms with Crippen molar-refractivity contribution in [2.45, 2.75) is 26.4 Å². The van der Waals surface area contributed by atoms with Crippen molar-refractivity contribution in [2.24, 2.45) is 0 Å². The van der Waals surface area contributed by atoms with Crippen LogP contribution in [0.25, 0.3) is 0 Å². The van der Waals surface area contributed by atoms with Crippen molar-refractivity contribution >= 4 is 35.8 Å². The van der Waals surface area contributed by atoms with E-state index >= 15 is 0 Å². The molecule has 0 rings (SSSR count). The molecule has 56 valence electrons. The highest BCUT2D eigenvalue weighted by atomic mass is 79.9. The maximum Gasteiger partial charge on any atom is 0.328 e. The average Bonchev–Trinajstić information content (AvgIpc) is 1.14. The van der Waals surface area contributed by atoms with E-state index in [2.05, 4.69) is 31.0 Å². The summed E-state index contributed by atoms with van der Waals surface area (Å²) >= 11 is 5.73. The van der Waals surface area contributed by atoms with E-state index in [1.165, 1.54) is 0 Å². The van der Waals surface area contributed by atoms with Crippen molar-refractivity contribution in [1.29, 1.82) is 0 Å². The Balaban J connectivity index is 3.90. The highest BCUT2D eigenvalue weighted by Crippen LogP contribution is 2.64. The van der Waals surface area contributed by atoms with Crippen LogP contribution >= 0.6 is 35.8 Å². The van der Waals surface area contributed by atoms with E-state index in [4.69, 9.17) is 4.52 Å². The van der Waals surface area contributed by atoms with E-state index < -0.39 is 4.77 Å². The minimum atomic E-state index is -2.66. The molecule has 9 heavy (non-hydrogen) atoms. The summed E-state index contributed by atoms with van der Waals surface area (Å²) in [4.78, 5) is 0. The standard InChI is InChI=1S/C4H9Br2O2P/c1-4(2,3)8-9(5,6)7/h1-3H3. The summed E-state index contributed by atoms with van der Waals surface area (Å²) in [6.45, 7) is 5.51. The minimum absolute atomic E-state index is 0.372. The second-order valence-corrected chi connectivity index (χ2v) is 12.1. The molecule has 0 radical (unpaired) electrons. The van der Waals surface area contributed by atoms with Crippen LogP contribution in [0.2, 0.25) is 0 Å². The van der Waals surface area contributed by atoms with Gasteiger partial charge in [0.25, 0.3) is 0 Å². The zero-order valence-electron chi connectivity index (χ0n) is 5.52. The monoisotopic (exact) mass is 278 g/mol. The SMILES string of the molecule is CC(C)(C)OP(=O)(Br)Br. The summed E-state index contributed by atoms with van der Waals surface area (Å²) in [7, 11) is 0. The fourth-order valence-corrected chi connectivity index (χ4v) is 3.56. The van der Waals surface area contributed by atoms with Gasteiger partial charge in [-0.05, 0) is 20.8 Å². The Labute approximate surface area is 71.3 Å². The van der Waals surface area contributed by atoms with Crippen LogP contribution in [0.15, 0.2) is 0 Å². The minimum Gasteiger partial charge on any atom is -0.307 e. The Morgan fingerprint density at radius 2 is 1.67 bits per heavy atom. The zero-order valence-corrected chi connectivity index (χ0v) is 9.59. The molecule has 0 heterocycles. The van der Waals surface area contributed by atoms with Crippen LogP contribution in [0.5, 0.6) is 0 Å².